The first-order valence-corrected chi connectivity index (χ1v) is 6.44. The minimum atomic E-state index is 0.257. The van der Waals surface area contributed by atoms with Crippen molar-refractivity contribution in [2.75, 3.05) is 20.1 Å². The van der Waals surface area contributed by atoms with Crippen molar-refractivity contribution in [1.29, 1.82) is 0 Å². The molecule has 0 spiro atoms. The van der Waals surface area contributed by atoms with Crippen LogP contribution in [0.1, 0.15) is 26.7 Å². The van der Waals surface area contributed by atoms with Crippen LogP contribution in [-0.2, 0) is 4.79 Å². The molecular weight excluding hydrogens is 222 g/mol. The Labute approximate surface area is 101 Å². The van der Waals surface area contributed by atoms with Crippen LogP contribution in [0.5, 0.6) is 0 Å². The van der Waals surface area contributed by atoms with Gasteiger partial charge in [-0.3, -0.25) is 9.79 Å². The molecule has 0 aromatic heterocycles. The van der Waals surface area contributed by atoms with Crippen LogP contribution < -0.4 is 0 Å². The molecule has 1 heterocycles. The molecule has 5 heteroatoms. The number of thioether (sulfide) groups is 1. The first kappa shape index (κ1) is 13.2. The van der Waals surface area contributed by atoms with Crippen molar-refractivity contribution in [2.24, 2.45) is 9.98 Å². The fraction of sp³-hybridized carbons (Fsp3) is 0.727. The van der Waals surface area contributed by atoms with E-state index in [-0.39, 0.29) is 5.91 Å². The van der Waals surface area contributed by atoms with Gasteiger partial charge in [0.1, 0.15) is 6.34 Å². The molecule has 0 bridgehead atoms. The van der Waals surface area contributed by atoms with E-state index in [1.165, 1.54) is 0 Å². The summed E-state index contributed by atoms with van der Waals surface area (Å²) < 4.78 is 0. The van der Waals surface area contributed by atoms with Crippen molar-refractivity contribution >= 4 is 29.1 Å². The average molecular weight is 241 g/mol. The summed E-state index contributed by atoms with van der Waals surface area (Å²) in [4.78, 5) is 21.4. The highest BCUT2D eigenvalue weighted by Crippen LogP contribution is 2.24. The molecule has 90 valence electrons. The van der Waals surface area contributed by atoms with Gasteiger partial charge in [0.25, 0.3) is 0 Å². The van der Waals surface area contributed by atoms with Crippen LogP contribution in [0.25, 0.3) is 0 Å². The van der Waals surface area contributed by atoms with Crippen molar-refractivity contribution in [3.63, 3.8) is 0 Å². The molecule has 1 aliphatic heterocycles. The monoisotopic (exact) mass is 241 g/mol. The molecule has 1 atom stereocenters. The Morgan fingerprint density at radius 1 is 1.62 bits per heavy atom. The van der Waals surface area contributed by atoms with Gasteiger partial charge in [0, 0.05) is 31.8 Å². The Kier molecular flexibility index (Phi) is 5.52. The highest BCUT2D eigenvalue weighted by atomic mass is 32.2. The van der Waals surface area contributed by atoms with Crippen molar-refractivity contribution < 1.29 is 4.79 Å². The maximum atomic E-state index is 11.5. The van der Waals surface area contributed by atoms with E-state index >= 15 is 0 Å². The fourth-order valence-corrected chi connectivity index (χ4v) is 2.75. The van der Waals surface area contributed by atoms with E-state index < -0.39 is 0 Å². The smallest absolute Gasteiger partial charge is 0.222 e. The molecule has 16 heavy (non-hydrogen) atoms. The third kappa shape index (κ3) is 3.96. The molecule has 0 aromatic carbocycles. The number of hydrogen-bond acceptors (Lipinski definition) is 3. The SMILES string of the molecule is CCC(=O)N1CCC(SC(C)=NC=NC)C1. The lowest BCUT2D eigenvalue weighted by Crippen LogP contribution is -2.28. The van der Waals surface area contributed by atoms with Gasteiger partial charge in [0.05, 0.1) is 5.04 Å². The highest BCUT2D eigenvalue weighted by molar-refractivity contribution is 8.14. The number of likely N-dealkylation sites (tertiary alicyclic amines) is 1. The summed E-state index contributed by atoms with van der Waals surface area (Å²) in [7, 11) is 1.71. The molecule has 0 saturated carbocycles. The van der Waals surface area contributed by atoms with Crippen molar-refractivity contribution in [2.45, 2.75) is 31.9 Å². The number of hydrogen-bond donors (Lipinski definition) is 0. The molecule has 0 radical (unpaired) electrons. The molecule has 0 aliphatic carbocycles. The Morgan fingerprint density at radius 3 is 3.00 bits per heavy atom. The molecule has 1 fully saturated rings. The number of rotatable bonds is 3. The van der Waals surface area contributed by atoms with Crippen molar-refractivity contribution in [3.8, 4) is 0 Å². The second-order valence-electron chi connectivity index (χ2n) is 3.74. The third-order valence-corrected chi connectivity index (χ3v) is 3.66. The summed E-state index contributed by atoms with van der Waals surface area (Å²) in [6.07, 6.45) is 3.23. The van der Waals surface area contributed by atoms with Crippen LogP contribution >= 0.6 is 11.8 Å². The van der Waals surface area contributed by atoms with Crippen LogP contribution in [0.15, 0.2) is 9.98 Å². The van der Waals surface area contributed by atoms with Crippen LogP contribution in [0, 0.1) is 0 Å². The van der Waals surface area contributed by atoms with E-state index in [4.69, 9.17) is 0 Å². The lowest BCUT2D eigenvalue weighted by atomic mass is 10.4. The summed E-state index contributed by atoms with van der Waals surface area (Å²) in [5, 5.41) is 1.51. The lowest BCUT2D eigenvalue weighted by molar-refractivity contribution is -0.129. The van der Waals surface area contributed by atoms with Gasteiger partial charge in [0.2, 0.25) is 5.91 Å². The molecule has 0 aromatic rings. The third-order valence-electron chi connectivity index (χ3n) is 2.49. The van der Waals surface area contributed by atoms with Gasteiger partial charge in [-0.2, -0.15) is 0 Å². The minimum Gasteiger partial charge on any atom is -0.342 e. The minimum absolute atomic E-state index is 0.257. The summed E-state index contributed by atoms with van der Waals surface area (Å²) in [6.45, 7) is 5.64. The van der Waals surface area contributed by atoms with E-state index in [9.17, 15) is 4.79 Å². The number of nitrogens with zero attached hydrogens (tertiary/aromatic N) is 3. The van der Waals surface area contributed by atoms with E-state index in [2.05, 4.69) is 9.98 Å². The van der Waals surface area contributed by atoms with Gasteiger partial charge in [-0.25, -0.2) is 4.99 Å². The summed E-state index contributed by atoms with van der Waals surface area (Å²) in [5.74, 6) is 0.257. The standard InChI is InChI=1S/C11H19N3OS/c1-4-11(15)14-6-5-10(7-14)16-9(2)13-8-12-3/h8,10H,4-7H2,1-3H3. The largest absolute Gasteiger partial charge is 0.342 e. The van der Waals surface area contributed by atoms with Gasteiger partial charge < -0.3 is 4.90 Å². The summed E-state index contributed by atoms with van der Waals surface area (Å²) in [6, 6.07) is 0. The van der Waals surface area contributed by atoms with E-state index in [0.29, 0.717) is 11.7 Å². The zero-order valence-electron chi connectivity index (χ0n) is 10.1. The molecular formula is C11H19N3OS. The van der Waals surface area contributed by atoms with Gasteiger partial charge in [-0.1, -0.05) is 6.92 Å². The van der Waals surface area contributed by atoms with Gasteiger partial charge in [-0.05, 0) is 13.3 Å². The van der Waals surface area contributed by atoms with E-state index in [0.717, 1.165) is 24.6 Å². The van der Waals surface area contributed by atoms with Gasteiger partial charge in [0.15, 0.2) is 0 Å². The number of carbonyl (C=O) groups is 1. The quantitative estimate of drug-likeness (QED) is 0.559. The number of carbonyl (C=O) groups excluding carboxylic acids is 1. The maximum absolute atomic E-state index is 11.5. The zero-order chi connectivity index (χ0) is 12.0. The predicted molar refractivity (Wildman–Crippen MR) is 70.4 cm³/mol. The van der Waals surface area contributed by atoms with Crippen LogP contribution in [0.4, 0.5) is 0 Å². The predicted octanol–water partition coefficient (Wildman–Crippen LogP) is 1.81. The average Bonchev–Trinajstić information content (AvgIpc) is 2.73. The Morgan fingerprint density at radius 2 is 2.38 bits per heavy atom. The van der Waals surface area contributed by atoms with Gasteiger partial charge >= 0.3 is 0 Å². The molecule has 1 saturated heterocycles. The molecule has 1 amide bonds. The summed E-state index contributed by atoms with van der Waals surface area (Å²) >= 11 is 1.74. The Balaban J connectivity index is 2.39. The Hall–Kier alpha value is -0.840. The van der Waals surface area contributed by atoms with Crippen molar-refractivity contribution in [1.82, 2.24) is 4.90 Å². The maximum Gasteiger partial charge on any atom is 0.222 e. The van der Waals surface area contributed by atoms with Crippen LogP contribution in [-0.4, -0.2) is 47.6 Å². The highest BCUT2D eigenvalue weighted by Gasteiger charge is 2.25. The molecule has 1 aliphatic rings. The molecule has 4 nitrogen and oxygen atoms in total. The normalized spacial score (nSPS) is 22.1. The van der Waals surface area contributed by atoms with Crippen LogP contribution in [0.3, 0.4) is 0 Å². The summed E-state index contributed by atoms with van der Waals surface area (Å²) in [5.41, 5.74) is 0. The van der Waals surface area contributed by atoms with Crippen LogP contribution in [0.2, 0.25) is 0 Å². The molecule has 0 N–H and O–H groups in total. The Bertz CT molecular complexity index is 302. The first-order chi connectivity index (χ1) is 7.67. The van der Waals surface area contributed by atoms with E-state index in [1.807, 2.05) is 18.7 Å². The second-order valence-corrected chi connectivity index (χ2v) is 5.24. The number of aliphatic imine (C=N–C) groups is 2. The fourth-order valence-electron chi connectivity index (χ4n) is 1.69. The zero-order valence-corrected chi connectivity index (χ0v) is 11.0. The van der Waals surface area contributed by atoms with E-state index in [1.54, 1.807) is 25.1 Å². The number of amides is 1. The molecule has 1 unspecified atom stereocenters. The first-order valence-electron chi connectivity index (χ1n) is 5.56. The van der Waals surface area contributed by atoms with Crippen molar-refractivity contribution in [3.05, 3.63) is 0 Å². The lowest BCUT2D eigenvalue weighted by Gasteiger charge is -2.14. The second kappa shape index (κ2) is 6.68. The molecule has 1 rings (SSSR count). The van der Waals surface area contributed by atoms with Gasteiger partial charge in [-0.15, -0.1) is 11.8 Å². The topological polar surface area (TPSA) is 45.0 Å².